The van der Waals surface area contributed by atoms with Crippen molar-refractivity contribution >= 4 is 54.5 Å². The van der Waals surface area contributed by atoms with Crippen LogP contribution in [0.15, 0.2) is 23.8 Å². The van der Waals surface area contributed by atoms with Gasteiger partial charge in [-0.25, -0.2) is 33.9 Å². The largest absolute Gasteiger partial charge is 0.472 e. The van der Waals surface area contributed by atoms with Crippen molar-refractivity contribution in [1.29, 1.82) is 0 Å². The zero-order chi connectivity index (χ0) is 32.3. The third kappa shape index (κ3) is 4.68. The van der Waals surface area contributed by atoms with Gasteiger partial charge in [0.1, 0.15) is 42.1 Å². The van der Waals surface area contributed by atoms with Crippen LogP contribution in [0.2, 0.25) is 0 Å². The van der Waals surface area contributed by atoms with E-state index in [1.54, 1.807) is 4.57 Å². The highest BCUT2D eigenvalue weighted by molar-refractivity contribution is 8.07. The van der Waals surface area contributed by atoms with E-state index in [0.717, 1.165) is 6.33 Å². The highest BCUT2D eigenvalue weighted by Crippen LogP contribution is 2.72. The van der Waals surface area contributed by atoms with Gasteiger partial charge in [-0.2, -0.15) is 0 Å². The van der Waals surface area contributed by atoms with Gasteiger partial charge in [-0.1, -0.05) is 0 Å². The van der Waals surface area contributed by atoms with Crippen molar-refractivity contribution in [2.75, 3.05) is 18.9 Å². The number of alkyl halides is 1. The Kier molecular flexibility index (Phi) is 6.86. The number of hydrogen-bond acceptors (Lipinski definition) is 15. The first-order valence-corrected chi connectivity index (χ1v) is 18.0. The molecule has 2 aliphatic heterocycles. The number of anilines is 1. The fourth-order valence-electron chi connectivity index (χ4n) is 6.87. The molecule has 2 saturated heterocycles. The molecule has 1 spiro atoms. The van der Waals surface area contributed by atoms with E-state index in [4.69, 9.17) is 40.4 Å². The maximum Gasteiger partial charge on any atom is 0.472 e. The first kappa shape index (κ1) is 30.5. The Morgan fingerprint density at radius 3 is 2.70 bits per heavy atom. The van der Waals surface area contributed by atoms with Crippen LogP contribution in [0.25, 0.3) is 22.3 Å². The third-order valence-corrected chi connectivity index (χ3v) is 11.5. The summed E-state index contributed by atoms with van der Waals surface area (Å²) in [6.07, 6.45) is -5.31. The van der Waals surface area contributed by atoms with E-state index >= 15 is 4.39 Å². The lowest BCUT2D eigenvalue weighted by Gasteiger charge is -2.31. The highest BCUT2D eigenvalue weighted by atomic mass is 32.5. The monoisotopic (exact) mass is 701 g/mol. The van der Waals surface area contributed by atoms with E-state index in [1.807, 2.05) is 0 Å². The summed E-state index contributed by atoms with van der Waals surface area (Å²) in [7, 11) is -5.05. The summed E-state index contributed by atoms with van der Waals surface area (Å²) in [5.74, 6) is -0.0797. The topological polar surface area (TPSA) is 257 Å². The lowest BCUT2D eigenvalue weighted by Crippen LogP contribution is -2.38. The molecule has 11 atom stereocenters. The van der Waals surface area contributed by atoms with Crippen LogP contribution in [0.3, 0.4) is 0 Å². The van der Waals surface area contributed by atoms with Crippen molar-refractivity contribution in [1.82, 2.24) is 39.0 Å². The Balaban J connectivity index is 1.14. The average Bonchev–Trinajstić information content (AvgIpc) is 3.26. The summed E-state index contributed by atoms with van der Waals surface area (Å²) < 4.78 is 60.2. The molecule has 46 heavy (non-hydrogen) atoms. The number of phosphoric ester groups is 1. The number of nitrogens with zero attached hydrogens (tertiary/aromatic N) is 7. The predicted octanol–water partition coefficient (Wildman–Crippen LogP) is 0.142. The number of nitrogens with one attached hydrogen (secondary N) is 1. The molecule has 6 N–H and O–H groups in total. The predicted molar refractivity (Wildman–Crippen MR) is 155 cm³/mol. The number of aliphatic hydroxyl groups is 1. The van der Waals surface area contributed by atoms with Crippen LogP contribution in [0.5, 0.6) is 0 Å². The molecule has 2 aliphatic carbocycles. The number of aryl methyl sites for hydroxylation is 1. The quantitative estimate of drug-likeness (QED) is 0.174. The van der Waals surface area contributed by atoms with Crippen molar-refractivity contribution < 1.29 is 46.7 Å². The number of rotatable bonds is 2. The normalized spacial score (nSPS) is 41.1. The Morgan fingerprint density at radius 1 is 1.13 bits per heavy atom. The first-order chi connectivity index (χ1) is 21.8. The fraction of sp³-hybridized carbons (Fsp3) is 0.565. The second kappa shape index (κ2) is 10.3. The summed E-state index contributed by atoms with van der Waals surface area (Å²) in [6.45, 7) is -3.85. The second-order valence-corrected chi connectivity index (χ2v) is 15.9. The zero-order valence-electron chi connectivity index (χ0n) is 23.6. The molecule has 2 bridgehead atoms. The number of nitrogens with two attached hydrogens (primary N) is 1. The number of aromatic nitrogens is 8. The maximum absolute atomic E-state index is 15.9. The molecule has 0 amide bonds. The number of aliphatic hydroxyl groups excluding tert-OH is 1. The van der Waals surface area contributed by atoms with Crippen LogP contribution < -0.4 is 11.3 Å². The molecule has 23 heteroatoms. The summed E-state index contributed by atoms with van der Waals surface area (Å²) in [5, 5.41) is 11.5. The van der Waals surface area contributed by atoms with Gasteiger partial charge in [0.15, 0.2) is 35.0 Å². The number of imidazole rings is 2. The minimum Gasteiger partial charge on any atom is -0.388 e. The van der Waals surface area contributed by atoms with Crippen molar-refractivity contribution in [3.05, 3.63) is 35.2 Å². The van der Waals surface area contributed by atoms with Gasteiger partial charge in [-0.3, -0.25) is 18.4 Å². The number of fused-ring (bicyclic) bond motifs is 4. The average molecular weight is 702 g/mol. The molecule has 4 fully saturated rings. The van der Waals surface area contributed by atoms with E-state index in [0.29, 0.717) is 17.6 Å². The van der Waals surface area contributed by atoms with Crippen molar-refractivity contribution in [2.24, 2.45) is 11.3 Å². The Hall–Kier alpha value is -2.81. The number of hydrogen-bond donors (Lipinski definition) is 5. The van der Waals surface area contributed by atoms with E-state index < -0.39 is 87.5 Å². The molecule has 0 radical (unpaired) electrons. The molecule has 2 unspecified atom stereocenters. The molecule has 4 aromatic heterocycles. The van der Waals surface area contributed by atoms with Crippen LogP contribution in [0, 0.1) is 18.3 Å². The van der Waals surface area contributed by atoms with Crippen molar-refractivity contribution in [3.63, 3.8) is 0 Å². The van der Waals surface area contributed by atoms with E-state index in [9.17, 15) is 24.3 Å². The van der Waals surface area contributed by atoms with Crippen molar-refractivity contribution in [2.45, 2.75) is 56.2 Å². The minimum atomic E-state index is -5.05. The lowest BCUT2D eigenvalue weighted by molar-refractivity contribution is -0.0610. The highest BCUT2D eigenvalue weighted by Gasteiger charge is 2.74. The van der Waals surface area contributed by atoms with Gasteiger partial charge in [0, 0.05) is 5.41 Å². The van der Waals surface area contributed by atoms with E-state index in [1.165, 1.54) is 24.1 Å². The molecule has 6 heterocycles. The summed E-state index contributed by atoms with van der Waals surface area (Å²) in [5.41, 5.74) is 4.79. The number of H-pyrrole nitrogens is 1. The fourth-order valence-corrected chi connectivity index (χ4v) is 9.34. The minimum absolute atomic E-state index is 0.00613. The van der Waals surface area contributed by atoms with E-state index in [-0.39, 0.29) is 22.8 Å². The van der Waals surface area contributed by atoms with Gasteiger partial charge in [0.05, 0.1) is 31.9 Å². The number of aromatic amines is 1. The van der Waals surface area contributed by atoms with Gasteiger partial charge < -0.3 is 44.0 Å². The number of phosphoric acid groups is 1. The number of halogens is 1. The summed E-state index contributed by atoms with van der Waals surface area (Å²) >= 11 is 5.27. The molecule has 19 nitrogen and oxygen atoms in total. The molecule has 246 valence electrons. The summed E-state index contributed by atoms with van der Waals surface area (Å²) in [6, 6.07) is -0.748. The number of nitrogen functional groups attached to an aromatic ring is 1. The second-order valence-electron chi connectivity index (χ2n) is 11.7. The molecule has 4 aromatic rings. The van der Waals surface area contributed by atoms with Gasteiger partial charge in [-0.05, 0) is 31.1 Å². The molecule has 8 rings (SSSR count). The van der Waals surface area contributed by atoms with Gasteiger partial charge in [0.2, 0.25) is 0 Å². The zero-order valence-corrected chi connectivity index (χ0v) is 26.2. The maximum atomic E-state index is 15.9. The molecular weight excluding hydrogens is 675 g/mol. The number of ether oxygens (including phenoxy) is 1. The van der Waals surface area contributed by atoms with Crippen LogP contribution in [0.1, 0.15) is 24.5 Å². The van der Waals surface area contributed by atoms with Gasteiger partial charge in [-0.15, -0.1) is 0 Å². The smallest absolute Gasteiger partial charge is 0.388 e. The lowest BCUT2D eigenvalue weighted by atomic mass is 10.0. The third-order valence-electron chi connectivity index (χ3n) is 9.01. The first-order valence-electron chi connectivity index (χ1n) is 13.9. The Labute approximate surface area is 261 Å². The van der Waals surface area contributed by atoms with E-state index in [2.05, 4.69) is 29.9 Å². The Bertz CT molecular complexity index is 2050. The molecule has 4 aliphatic rings. The van der Waals surface area contributed by atoms with Crippen LogP contribution in [0.4, 0.5) is 10.2 Å². The summed E-state index contributed by atoms with van der Waals surface area (Å²) in [4.78, 5) is 57.6. The Morgan fingerprint density at radius 2 is 1.89 bits per heavy atom. The molecular formula is C23H26FN9O10P2S. The van der Waals surface area contributed by atoms with Crippen LogP contribution >= 0.6 is 14.5 Å². The molecule has 0 aromatic carbocycles. The SMILES string of the molecule is Cc1nc2c(ncn2[C@@H]2O[C@@H]3COP(O)(=S)O[C@H]4[C@@H](O)[C@H](n5cnc6c(N)ncnc65)[C@H]5C[C@]54COP(=O)(O)O[C@@H]2[C@@H]3F)c(=O)[nH]1. The van der Waals surface area contributed by atoms with Gasteiger partial charge in [0.25, 0.3) is 5.56 Å². The van der Waals surface area contributed by atoms with Crippen molar-refractivity contribution in [3.8, 4) is 0 Å². The van der Waals surface area contributed by atoms with Gasteiger partial charge >= 0.3 is 14.5 Å². The molecule has 2 saturated carbocycles. The van der Waals surface area contributed by atoms with Crippen LogP contribution in [-0.4, -0.2) is 97.7 Å². The standard InChI is InChI=1S/C23H26FN9O10P2S/c1-8-30-20-13(21(35)31-8)29-7-33(20)22-16-11(24)10(41-22)3-39-45(38,46)43-17-15(34)14(9-2-23(9,17)4-40-44(36,37)42-16)32-6-28-12-18(25)26-5-27-19(12)32/h5-7,9-11,14-17,22,34H,2-4H2,1H3,(H,36,37)(H,38,46)(H2,25,26,27)(H,30,31,35)/t9-,10-,11-,14-,15+,16-,17+,22-,23+,45?/m1/s1. The van der Waals surface area contributed by atoms with Crippen LogP contribution in [-0.2, 0) is 39.2 Å².